The molecule has 4 aromatic carbocycles. The summed E-state index contributed by atoms with van der Waals surface area (Å²) >= 11 is 0. The van der Waals surface area contributed by atoms with E-state index in [1.165, 1.54) is 12.1 Å². The molecule has 236 valence electrons. The lowest BCUT2D eigenvalue weighted by molar-refractivity contribution is 0.0344. The summed E-state index contributed by atoms with van der Waals surface area (Å²) in [5.74, 6) is 1.22. The van der Waals surface area contributed by atoms with E-state index in [1.807, 2.05) is 68.6 Å². The number of benzene rings is 4. The molecule has 0 saturated heterocycles. The van der Waals surface area contributed by atoms with Crippen molar-refractivity contribution >= 4 is 21.6 Å². The smallest absolute Gasteiger partial charge is 0.262 e. The van der Waals surface area contributed by atoms with Gasteiger partial charge in [-0.05, 0) is 68.1 Å². The van der Waals surface area contributed by atoms with Crippen LogP contribution in [0.4, 0.5) is 5.69 Å². The topological polar surface area (TPSA) is 108 Å². The molecule has 0 unspecified atom stereocenters. The van der Waals surface area contributed by atoms with Crippen LogP contribution < -0.4 is 14.2 Å². The van der Waals surface area contributed by atoms with E-state index in [2.05, 4.69) is 9.62 Å². The van der Waals surface area contributed by atoms with Crippen molar-refractivity contribution in [2.45, 2.75) is 37.4 Å². The highest BCUT2D eigenvalue weighted by molar-refractivity contribution is 7.92. The number of hydrogen-bond acceptors (Lipinski definition) is 7. The van der Waals surface area contributed by atoms with E-state index >= 15 is 0 Å². The first-order valence-corrected chi connectivity index (χ1v) is 16.4. The number of carbonyl (C=O) groups excluding carboxylic acids is 1. The first kappa shape index (κ1) is 32.0. The fraction of sp³-hybridized carbons (Fsp3) is 0.286. The van der Waals surface area contributed by atoms with Gasteiger partial charge < -0.3 is 19.5 Å². The van der Waals surface area contributed by atoms with E-state index in [9.17, 15) is 18.3 Å². The summed E-state index contributed by atoms with van der Waals surface area (Å²) < 4.78 is 41.7. The van der Waals surface area contributed by atoms with Gasteiger partial charge in [0, 0.05) is 25.6 Å². The largest absolute Gasteiger partial charge is 0.486 e. The monoisotopic (exact) mass is 629 g/mol. The molecule has 0 spiro atoms. The molecule has 45 heavy (non-hydrogen) atoms. The molecular formula is C35H39N3O6S. The molecule has 5 rings (SSSR count). The van der Waals surface area contributed by atoms with Gasteiger partial charge in [-0.2, -0.15) is 0 Å². The second-order valence-corrected chi connectivity index (χ2v) is 13.2. The van der Waals surface area contributed by atoms with E-state index in [0.717, 1.165) is 17.1 Å². The van der Waals surface area contributed by atoms with Gasteiger partial charge in [-0.25, -0.2) is 8.42 Å². The van der Waals surface area contributed by atoms with Crippen LogP contribution in [0.1, 0.15) is 29.8 Å². The summed E-state index contributed by atoms with van der Waals surface area (Å²) in [5.41, 5.74) is 1.49. The number of amides is 1. The van der Waals surface area contributed by atoms with Crippen LogP contribution in [-0.4, -0.2) is 68.1 Å². The number of carbonyl (C=O) groups is 1. The lowest BCUT2D eigenvalue weighted by atomic mass is 9.99. The average Bonchev–Trinajstić information content (AvgIpc) is 3.04. The second-order valence-electron chi connectivity index (χ2n) is 11.5. The molecule has 1 heterocycles. The molecule has 3 atom stereocenters. The molecule has 9 nitrogen and oxygen atoms in total. The predicted molar refractivity (Wildman–Crippen MR) is 174 cm³/mol. The molecule has 0 aliphatic carbocycles. The Kier molecular flexibility index (Phi) is 10.1. The molecule has 1 amide bonds. The van der Waals surface area contributed by atoms with Crippen molar-refractivity contribution in [2.24, 2.45) is 5.92 Å². The molecule has 2 N–H and O–H groups in total. The van der Waals surface area contributed by atoms with E-state index in [4.69, 9.17) is 9.47 Å². The number of nitrogens with zero attached hydrogens (tertiary/aromatic N) is 2. The minimum absolute atomic E-state index is 0.0974. The van der Waals surface area contributed by atoms with Gasteiger partial charge in [0.2, 0.25) is 0 Å². The standard InChI is InChI=1S/C35H39N3O6S/c1-25-21-38(26(2)24-39)35(40)31-15-10-16-32(36-45(41,42)30-13-8-5-9-14-30)34(31)44-33(25)23-37(3)22-27-17-19-29(20-18-27)43-28-11-6-4-7-12-28/h4-20,25-26,33,36,39H,21-24H2,1-3H3/t25-,26-,33+/m1/s1. The summed E-state index contributed by atoms with van der Waals surface area (Å²) in [6.07, 6.45) is -0.404. The van der Waals surface area contributed by atoms with E-state index in [1.54, 1.807) is 48.2 Å². The summed E-state index contributed by atoms with van der Waals surface area (Å²) in [6, 6.07) is 30.0. The number of likely N-dealkylation sites (N-methyl/N-ethyl adjacent to an activating group) is 1. The van der Waals surface area contributed by atoms with Gasteiger partial charge in [0.25, 0.3) is 15.9 Å². The van der Waals surface area contributed by atoms with Crippen LogP contribution >= 0.6 is 0 Å². The highest BCUT2D eigenvalue weighted by atomic mass is 32.2. The molecule has 0 saturated carbocycles. The molecular weight excluding hydrogens is 590 g/mol. The number of aliphatic hydroxyl groups is 1. The third-order valence-electron chi connectivity index (χ3n) is 7.84. The summed E-state index contributed by atoms with van der Waals surface area (Å²) in [6.45, 7) is 5.08. The highest BCUT2D eigenvalue weighted by Gasteiger charge is 2.35. The minimum atomic E-state index is -3.95. The van der Waals surface area contributed by atoms with E-state index < -0.39 is 22.2 Å². The van der Waals surface area contributed by atoms with Crippen LogP contribution in [0.15, 0.2) is 108 Å². The second kappa shape index (κ2) is 14.2. The number of rotatable bonds is 11. The van der Waals surface area contributed by atoms with Crippen molar-refractivity contribution in [3.63, 3.8) is 0 Å². The van der Waals surface area contributed by atoms with Crippen molar-refractivity contribution < 1.29 is 27.8 Å². The lowest BCUT2D eigenvalue weighted by Crippen LogP contribution is -2.49. The Bertz CT molecular complexity index is 1680. The zero-order valence-corrected chi connectivity index (χ0v) is 26.5. The molecule has 10 heteroatoms. The SMILES string of the molecule is C[C@@H]1CN([C@H](C)CO)C(=O)c2cccc(NS(=O)(=O)c3ccccc3)c2O[C@H]1CN(C)Cc1ccc(Oc2ccccc2)cc1. The van der Waals surface area contributed by atoms with Gasteiger partial charge in [-0.15, -0.1) is 0 Å². The fourth-order valence-electron chi connectivity index (χ4n) is 5.32. The van der Waals surface area contributed by atoms with Gasteiger partial charge in [0.05, 0.1) is 28.8 Å². The molecule has 0 fully saturated rings. The molecule has 4 aromatic rings. The Balaban J connectivity index is 1.39. The van der Waals surface area contributed by atoms with Gasteiger partial charge in [-0.3, -0.25) is 14.4 Å². The van der Waals surface area contributed by atoms with Gasteiger partial charge >= 0.3 is 0 Å². The zero-order chi connectivity index (χ0) is 32.0. The Morgan fingerprint density at radius 2 is 1.60 bits per heavy atom. The number of anilines is 1. The van der Waals surface area contributed by atoms with Gasteiger partial charge in [0.1, 0.15) is 17.6 Å². The van der Waals surface area contributed by atoms with Gasteiger partial charge in [0.15, 0.2) is 5.75 Å². The number of aliphatic hydroxyl groups excluding tert-OH is 1. The number of sulfonamides is 1. The van der Waals surface area contributed by atoms with E-state index in [0.29, 0.717) is 19.6 Å². The molecule has 1 aliphatic heterocycles. The summed E-state index contributed by atoms with van der Waals surface area (Å²) in [7, 11) is -1.96. The van der Waals surface area contributed by atoms with Crippen LogP contribution in [0.2, 0.25) is 0 Å². The quantitative estimate of drug-likeness (QED) is 0.221. The minimum Gasteiger partial charge on any atom is -0.486 e. The number of ether oxygens (including phenoxy) is 2. The average molecular weight is 630 g/mol. The van der Waals surface area contributed by atoms with Crippen LogP contribution in [0.3, 0.4) is 0 Å². The molecule has 0 aromatic heterocycles. The Morgan fingerprint density at radius 3 is 2.27 bits per heavy atom. The Morgan fingerprint density at radius 1 is 0.956 bits per heavy atom. The number of hydrogen-bond donors (Lipinski definition) is 2. The maximum Gasteiger partial charge on any atom is 0.262 e. The van der Waals surface area contributed by atoms with Crippen molar-refractivity contribution in [2.75, 3.05) is 31.5 Å². The number of para-hydroxylation sites is 2. The maximum atomic E-state index is 13.8. The third kappa shape index (κ3) is 7.83. The van der Waals surface area contributed by atoms with Crippen molar-refractivity contribution in [1.82, 2.24) is 9.80 Å². The predicted octanol–water partition coefficient (Wildman–Crippen LogP) is 5.63. The fourth-order valence-corrected chi connectivity index (χ4v) is 6.40. The van der Waals surface area contributed by atoms with Crippen LogP contribution in [0.5, 0.6) is 17.2 Å². The Hall–Kier alpha value is -4.38. The third-order valence-corrected chi connectivity index (χ3v) is 9.22. The van der Waals surface area contributed by atoms with Crippen molar-refractivity contribution in [3.8, 4) is 17.2 Å². The highest BCUT2D eigenvalue weighted by Crippen LogP contribution is 2.36. The molecule has 1 aliphatic rings. The lowest BCUT2D eigenvalue weighted by Gasteiger charge is -2.38. The Labute approximate surface area is 265 Å². The van der Waals surface area contributed by atoms with E-state index in [-0.39, 0.29) is 40.3 Å². The number of fused-ring (bicyclic) bond motifs is 1. The molecule has 0 radical (unpaired) electrons. The van der Waals surface area contributed by atoms with Crippen LogP contribution in [0, 0.1) is 5.92 Å². The number of nitrogens with one attached hydrogen (secondary N) is 1. The first-order chi connectivity index (χ1) is 21.6. The van der Waals surface area contributed by atoms with Crippen molar-refractivity contribution in [3.05, 3.63) is 114 Å². The molecule has 0 bridgehead atoms. The first-order valence-electron chi connectivity index (χ1n) is 14.9. The van der Waals surface area contributed by atoms with Crippen LogP contribution in [0.25, 0.3) is 0 Å². The van der Waals surface area contributed by atoms with Crippen molar-refractivity contribution in [1.29, 1.82) is 0 Å². The maximum absolute atomic E-state index is 13.8. The summed E-state index contributed by atoms with van der Waals surface area (Å²) in [5, 5.41) is 9.98. The van der Waals surface area contributed by atoms with Crippen LogP contribution in [-0.2, 0) is 16.6 Å². The summed E-state index contributed by atoms with van der Waals surface area (Å²) in [4.78, 5) is 17.6. The zero-order valence-electron chi connectivity index (χ0n) is 25.7. The van der Waals surface area contributed by atoms with Gasteiger partial charge in [-0.1, -0.05) is 61.5 Å². The normalized spacial score (nSPS) is 17.5.